The third-order valence-corrected chi connectivity index (χ3v) is 2.49. The maximum absolute atomic E-state index is 3.24. The molecule has 0 saturated heterocycles. The molecule has 0 heterocycles. The molecule has 0 bridgehead atoms. The Labute approximate surface area is 77.5 Å². The lowest BCUT2D eigenvalue weighted by Crippen LogP contribution is -1.92. The summed E-state index contributed by atoms with van der Waals surface area (Å²) in [6, 6.07) is 13.7. The first-order valence-electron chi connectivity index (χ1n) is 4.44. The molecular weight excluding hydrogens is 156 g/mol. The number of hydrogen-bond acceptors (Lipinski definition) is 0. The van der Waals surface area contributed by atoms with E-state index in [4.69, 9.17) is 0 Å². The molecule has 0 amide bonds. The van der Waals surface area contributed by atoms with Gasteiger partial charge in [-0.05, 0) is 46.5 Å². The fraction of sp³-hybridized carbons (Fsp3) is 0.0769. The standard InChI is InChI=1S/C13H8/c1-4-10-6-2-8-12-9-3-7-11(5-1)13(10)12/h1-2,4-6,9H,7H2. The van der Waals surface area contributed by atoms with Crippen LogP contribution in [-0.2, 0) is 6.42 Å². The molecule has 0 nitrogen and oxygen atoms in total. The van der Waals surface area contributed by atoms with Gasteiger partial charge in [0.05, 0.1) is 0 Å². The Bertz CT molecular complexity index is 487. The Morgan fingerprint density at radius 3 is 3.15 bits per heavy atom. The third kappa shape index (κ3) is 0.919. The van der Waals surface area contributed by atoms with Crippen molar-refractivity contribution in [1.82, 2.24) is 0 Å². The summed E-state index contributed by atoms with van der Waals surface area (Å²) in [5, 5.41) is 2.66. The fourth-order valence-electron chi connectivity index (χ4n) is 1.90. The summed E-state index contributed by atoms with van der Waals surface area (Å²) in [4.78, 5) is 0. The molecule has 0 aromatic heterocycles. The van der Waals surface area contributed by atoms with Crippen molar-refractivity contribution in [3.8, 4) is 0 Å². The van der Waals surface area contributed by atoms with Gasteiger partial charge in [-0.1, -0.05) is 30.3 Å². The second-order valence-corrected chi connectivity index (χ2v) is 3.30. The van der Waals surface area contributed by atoms with Gasteiger partial charge in [0.1, 0.15) is 0 Å². The van der Waals surface area contributed by atoms with Crippen LogP contribution in [0.25, 0.3) is 16.8 Å². The zero-order valence-corrected chi connectivity index (χ0v) is 7.17. The minimum absolute atomic E-state index is 0.933. The van der Waals surface area contributed by atoms with Crippen molar-refractivity contribution in [1.29, 1.82) is 0 Å². The Morgan fingerprint density at radius 1 is 1.15 bits per heavy atom. The molecule has 2 aromatic carbocycles. The highest BCUT2D eigenvalue weighted by Gasteiger charge is 2.06. The number of allylic oxidation sites excluding steroid dienone is 1. The average molecular weight is 164 g/mol. The maximum Gasteiger partial charge on any atom is -0.00163 e. The summed E-state index contributed by atoms with van der Waals surface area (Å²) in [7, 11) is 0. The van der Waals surface area contributed by atoms with Crippen LogP contribution in [0.3, 0.4) is 0 Å². The van der Waals surface area contributed by atoms with Gasteiger partial charge in [-0.2, -0.15) is 0 Å². The van der Waals surface area contributed by atoms with Crippen LogP contribution in [0.1, 0.15) is 11.1 Å². The van der Waals surface area contributed by atoms with E-state index in [0.29, 0.717) is 0 Å². The van der Waals surface area contributed by atoms with Crippen molar-refractivity contribution in [2.24, 2.45) is 0 Å². The highest BCUT2D eigenvalue weighted by molar-refractivity contribution is 5.94. The maximum atomic E-state index is 3.24. The average Bonchev–Trinajstić information content (AvgIpc) is 2.19. The van der Waals surface area contributed by atoms with Crippen LogP contribution in [0.2, 0.25) is 0 Å². The summed E-state index contributed by atoms with van der Waals surface area (Å²) in [6.07, 6.45) is 6.21. The molecule has 3 rings (SSSR count). The lowest BCUT2D eigenvalue weighted by Gasteiger charge is -2.10. The lowest BCUT2D eigenvalue weighted by atomic mass is 9.93. The van der Waals surface area contributed by atoms with Crippen LogP contribution in [0.4, 0.5) is 0 Å². The normalized spacial score (nSPS) is 13.5. The molecule has 0 atom stereocenters. The van der Waals surface area contributed by atoms with Gasteiger partial charge in [0.2, 0.25) is 0 Å². The molecule has 0 unspecified atom stereocenters. The molecule has 1 aliphatic carbocycles. The monoisotopic (exact) mass is 164 g/mol. The molecule has 0 heteroatoms. The van der Waals surface area contributed by atoms with Crippen molar-refractivity contribution in [3.05, 3.63) is 53.6 Å². The van der Waals surface area contributed by atoms with Crippen LogP contribution in [-0.4, -0.2) is 0 Å². The molecule has 60 valence electrons. The highest BCUT2D eigenvalue weighted by Crippen LogP contribution is 2.27. The van der Waals surface area contributed by atoms with Crippen LogP contribution in [0.5, 0.6) is 0 Å². The van der Waals surface area contributed by atoms with Crippen LogP contribution in [0, 0.1) is 12.1 Å². The molecule has 0 saturated carbocycles. The van der Waals surface area contributed by atoms with Gasteiger partial charge < -0.3 is 0 Å². The van der Waals surface area contributed by atoms with E-state index in [0.717, 1.165) is 6.42 Å². The largest absolute Gasteiger partial charge is 0.0613 e. The Kier molecular flexibility index (Phi) is 1.31. The Morgan fingerprint density at radius 2 is 2.15 bits per heavy atom. The number of rotatable bonds is 0. The molecule has 0 spiro atoms. The van der Waals surface area contributed by atoms with Gasteiger partial charge >= 0.3 is 0 Å². The zero-order chi connectivity index (χ0) is 8.67. The van der Waals surface area contributed by atoms with Gasteiger partial charge in [0.25, 0.3) is 0 Å². The summed E-state index contributed by atoms with van der Waals surface area (Å²) >= 11 is 0. The summed E-state index contributed by atoms with van der Waals surface area (Å²) in [5.41, 5.74) is 2.55. The van der Waals surface area contributed by atoms with Crippen molar-refractivity contribution in [2.45, 2.75) is 6.42 Å². The first-order valence-corrected chi connectivity index (χ1v) is 4.44. The van der Waals surface area contributed by atoms with E-state index in [-0.39, 0.29) is 0 Å². The lowest BCUT2D eigenvalue weighted by molar-refractivity contribution is 1.25. The van der Waals surface area contributed by atoms with Crippen LogP contribution >= 0.6 is 0 Å². The van der Waals surface area contributed by atoms with Crippen molar-refractivity contribution < 1.29 is 0 Å². The van der Waals surface area contributed by atoms with E-state index in [2.05, 4.69) is 36.4 Å². The summed E-state index contributed by atoms with van der Waals surface area (Å²) in [5.74, 6) is 0. The van der Waals surface area contributed by atoms with E-state index in [1.807, 2.05) is 12.1 Å². The first kappa shape index (κ1) is 6.90. The molecule has 0 N–H and O–H groups in total. The molecule has 2 aromatic rings. The highest BCUT2D eigenvalue weighted by atomic mass is 14.1. The molecular formula is C13H8. The van der Waals surface area contributed by atoms with Crippen molar-refractivity contribution in [2.75, 3.05) is 0 Å². The van der Waals surface area contributed by atoms with Gasteiger partial charge in [-0.3, -0.25) is 0 Å². The summed E-state index contributed by atoms with van der Waals surface area (Å²) in [6.45, 7) is 0. The predicted octanol–water partition coefficient (Wildman–Crippen LogP) is 3.01. The molecule has 2 radical (unpaired) electrons. The second kappa shape index (κ2) is 2.46. The van der Waals surface area contributed by atoms with Crippen molar-refractivity contribution in [3.63, 3.8) is 0 Å². The third-order valence-electron chi connectivity index (χ3n) is 2.49. The molecule has 0 fully saturated rings. The SMILES string of the molecule is [C]1=Cc2[c]ccc3cccc(c23)C1. The topological polar surface area (TPSA) is 0 Å². The predicted molar refractivity (Wildman–Crippen MR) is 54.2 cm³/mol. The van der Waals surface area contributed by atoms with E-state index in [1.54, 1.807) is 0 Å². The van der Waals surface area contributed by atoms with Crippen molar-refractivity contribution >= 4 is 16.8 Å². The van der Waals surface area contributed by atoms with Crippen LogP contribution in [0.15, 0.2) is 30.3 Å². The van der Waals surface area contributed by atoms with E-state index < -0.39 is 0 Å². The van der Waals surface area contributed by atoms with Gasteiger partial charge in [-0.25, -0.2) is 0 Å². The van der Waals surface area contributed by atoms with E-state index in [1.165, 1.54) is 21.9 Å². The number of benzene rings is 2. The molecule has 1 aliphatic rings. The van der Waals surface area contributed by atoms with Gasteiger partial charge in [0, 0.05) is 0 Å². The van der Waals surface area contributed by atoms with E-state index in [9.17, 15) is 0 Å². The minimum atomic E-state index is 0.933. The molecule has 0 aliphatic heterocycles. The quantitative estimate of drug-likeness (QED) is 0.561. The minimum Gasteiger partial charge on any atom is -0.0613 e. The molecule has 13 heavy (non-hydrogen) atoms. The van der Waals surface area contributed by atoms with Gasteiger partial charge in [0.15, 0.2) is 0 Å². The number of hydrogen-bond donors (Lipinski definition) is 0. The Balaban J connectivity index is 2.56. The summed E-state index contributed by atoms with van der Waals surface area (Å²) < 4.78 is 0. The first-order chi connectivity index (χ1) is 6.45. The van der Waals surface area contributed by atoms with Gasteiger partial charge in [-0.15, -0.1) is 0 Å². The van der Waals surface area contributed by atoms with Crippen LogP contribution < -0.4 is 0 Å². The fourth-order valence-corrected chi connectivity index (χ4v) is 1.90. The smallest absolute Gasteiger partial charge is 0.00163 e. The zero-order valence-electron chi connectivity index (χ0n) is 7.17. The second-order valence-electron chi connectivity index (χ2n) is 3.30. The van der Waals surface area contributed by atoms with E-state index >= 15 is 0 Å². The Hall–Kier alpha value is -1.56.